The number of anilines is 1. The molecule has 146 valence electrons. The fraction of sp³-hybridized carbons (Fsp3) is 0.312. The van der Waals surface area contributed by atoms with Gasteiger partial charge in [0.05, 0.1) is 11.3 Å². The van der Waals surface area contributed by atoms with Crippen LogP contribution in [0, 0.1) is 0 Å². The first kappa shape index (κ1) is 24.2. The van der Waals surface area contributed by atoms with Crippen LogP contribution in [0.25, 0.3) is 0 Å². The number of amides is 1. The van der Waals surface area contributed by atoms with Crippen LogP contribution >= 0.6 is 23.1 Å². The molecule has 0 aliphatic rings. The van der Waals surface area contributed by atoms with E-state index in [9.17, 15) is 13.2 Å². The summed E-state index contributed by atoms with van der Waals surface area (Å²) >= 11 is 2.68. The topological polar surface area (TPSA) is 84.4 Å². The molecule has 26 heavy (non-hydrogen) atoms. The summed E-state index contributed by atoms with van der Waals surface area (Å²) in [5.41, 5.74) is 1.48. The van der Waals surface area contributed by atoms with Crippen LogP contribution < -0.4 is 22.1 Å². The zero-order valence-electron chi connectivity index (χ0n) is 14.7. The van der Waals surface area contributed by atoms with Gasteiger partial charge in [0.1, 0.15) is 0 Å². The van der Waals surface area contributed by atoms with Crippen molar-refractivity contribution in [2.45, 2.75) is 30.7 Å². The van der Waals surface area contributed by atoms with Crippen LogP contribution in [-0.2, 0) is 16.7 Å². The van der Waals surface area contributed by atoms with Crippen molar-refractivity contribution in [3.05, 3.63) is 46.2 Å². The van der Waals surface area contributed by atoms with E-state index in [1.165, 1.54) is 29.5 Å². The van der Waals surface area contributed by atoms with Crippen LogP contribution in [0.2, 0.25) is 0 Å². The SMILES string of the molecule is CC.CN(N)c1cccc(C(F)(F)F)c1SCc1cccs1.NNC=O. The first-order chi connectivity index (χ1) is 12.3. The molecule has 0 saturated carbocycles. The fourth-order valence-corrected chi connectivity index (χ4v) is 3.74. The third-order valence-electron chi connectivity index (χ3n) is 2.69. The molecule has 0 bridgehead atoms. The molecule has 5 N–H and O–H groups in total. The molecular formula is C16H23F3N4OS2. The number of thioether (sulfide) groups is 1. The smallest absolute Gasteiger partial charge is 0.313 e. The number of nitrogens with zero attached hydrogens (tertiary/aromatic N) is 1. The van der Waals surface area contributed by atoms with Gasteiger partial charge in [-0.3, -0.25) is 10.2 Å². The lowest BCUT2D eigenvalue weighted by atomic mass is 10.2. The number of thiophene rings is 1. The molecule has 2 rings (SSSR count). The van der Waals surface area contributed by atoms with Gasteiger partial charge in [-0.2, -0.15) is 13.2 Å². The van der Waals surface area contributed by atoms with Crippen molar-refractivity contribution in [3.8, 4) is 0 Å². The Labute approximate surface area is 159 Å². The van der Waals surface area contributed by atoms with Gasteiger partial charge in [0.2, 0.25) is 6.41 Å². The van der Waals surface area contributed by atoms with Gasteiger partial charge in [-0.1, -0.05) is 26.0 Å². The molecule has 0 atom stereocenters. The second-order valence-corrected chi connectivity index (χ2v) is 6.43. The number of nitrogens with one attached hydrogen (secondary N) is 1. The second-order valence-electron chi connectivity index (χ2n) is 4.42. The lowest BCUT2D eigenvalue weighted by molar-refractivity contribution is -0.139. The summed E-state index contributed by atoms with van der Waals surface area (Å²) in [6.07, 6.45) is -3.98. The van der Waals surface area contributed by atoms with Crippen LogP contribution in [0.3, 0.4) is 0 Å². The molecule has 1 amide bonds. The third kappa shape index (κ3) is 8.09. The summed E-state index contributed by atoms with van der Waals surface area (Å²) in [6, 6.07) is 7.83. The number of rotatable bonds is 5. The Morgan fingerprint density at radius 3 is 2.31 bits per heavy atom. The highest BCUT2D eigenvalue weighted by Crippen LogP contribution is 2.42. The van der Waals surface area contributed by atoms with Crippen LogP contribution in [0.5, 0.6) is 0 Å². The van der Waals surface area contributed by atoms with Crippen molar-refractivity contribution in [2.24, 2.45) is 11.7 Å². The monoisotopic (exact) mass is 408 g/mol. The molecule has 0 aliphatic carbocycles. The highest BCUT2D eigenvalue weighted by atomic mass is 32.2. The Morgan fingerprint density at radius 1 is 1.27 bits per heavy atom. The summed E-state index contributed by atoms with van der Waals surface area (Å²) in [5.74, 6) is 10.5. The van der Waals surface area contributed by atoms with Crippen molar-refractivity contribution in [1.82, 2.24) is 5.43 Å². The van der Waals surface area contributed by atoms with Crippen molar-refractivity contribution < 1.29 is 18.0 Å². The summed E-state index contributed by atoms with van der Waals surface area (Å²) in [5, 5.41) is 3.12. The number of benzene rings is 1. The normalized spacial score (nSPS) is 10.0. The average Bonchev–Trinajstić information content (AvgIpc) is 3.14. The molecule has 0 saturated heterocycles. The van der Waals surface area contributed by atoms with Crippen LogP contribution in [0.4, 0.5) is 18.9 Å². The predicted molar refractivity (Wildman–Crippen MR) is 103 cm³/mol. The molecule has 0 spiro atoms. The number of carbonyl (C=O) groups is 1. The van der Waals surface area contributed by atoms with Crippen LogP contribution in [-0.4, -0.2) is 13.5 Å². The fourth-order valence-electron chi connectivity index (χ4n) is 1.72. The van der Waals surface area contributed by atoms with Gasteiger partial charge in [0.25, 0.3) is 0 Å². The molecule has 0 fully saturated rings. The van der Waals surface area contributed by atoms with Gasteiger partial charge in [0.15, 0.2) is 0 Å². The number of carbonyl (C=O) groups excluding carboxylic acids is 1. The lowest BCUT2D eigenvalue weighted by Gasteiger charge is -2.20. The van der Waals surface area contributed by atoms with Gasteiger partial charge >= 0.3 is 6.18 Å². The van der Waals surface area contributed by atoms with Gasteiger partial charge in [0, 0.05) is 22.6 Å². The van der Waals surface area contributed by atoms with E-state index in [4.69, 9.17) is 10.6 Å². The quantitative estimate of drug-likeness (QED) is 0.229. The Balaban J connectivity index is 0.000000920. The molecule has 1 heterocycles. The van der Waals surface area contributed by atoms with Gasteiger partial charge < -0.3 is 5.01 Å². The minimum atomic E-state index is -4.39. The first-order valence-electron chi connectivity index (χ1n) is 7.54. The molecule has 1 aromatic carbocycles. The Kier molecular flexibility index (Phi) is 11.7. The number of hydrogen-bond acceptors (Lipinski definition) is 6. The van der Waals surface area contributed by atoms with E-state index in [0.29, 0.717) is 17.9 Å². The molecule has 5 nitrogen and oxygen atoms in total. The van der Waals surface area contributed by atoms with E-state index in [-0.39, 0.29) is 4.90 Å². The van der Waals surface area contributed by atoms with Crippen LogP contribution in [0.1, 0.15) is 24.3 Å². The van der Waals surface area contributed by atoms with Crippen molar-refractivity contribution in [1.29, 1.82) is 0 Å². The van der Waals surface area contributed by atoms with E-state index in [0.717, 1.165) is 22.7 Å². The number of hydrazine groups is 2. The summed E-state index contributed by atoms with van der Waals surface area (Å²) < 4.78 is 39.3. The van der Waals surface area contributed by atoms with E-state index < -0.39 is 11.7 Å². The van der Waals surface area contributed by atoms with Crippen molar-refractivity contribution in [3.63, 3.8) is 0 Å². The van der Waals surface area contributed by atoms with Crippen molar-refractivity contribution in [2.75, 3.05) is 12.1 Å². The minimum Gasteiger partial charge on any atom is -0.313 e. The lowest BCUT2D eigenvalue weighted by Crippen LogP contribution is -2.26. The highest BCUT2D eigenvalue weighted by Gasteiger charge is 2.34. The van der Waals surface area contributed by atoms with E-state index >= 15 is 0 Å². The largest absolute Gasteiger partial charge is 0.417 e. The molecule has 0 unspecified atom stereocenters. The summed E-state index contributed by atoms with van der Waals surface area (Å²) in [6.45, 7) is 4.00. The van der Waals surface area contributed by atoms with Gasteiger partial charge in [-0.15, -0.1) is 23.1 Å². The second kappa shape index (κ2) is 12.6. The molecule has 0 radical (unpaired) electrons. The maximum atomic E-state index is 13.1. The Morgan fingerprint density at radius 2 is 1.88 bits per heavy atom. The summed E-state index contributed by atoms with van der Waals surface area (Å²) in [7, 11) is 1.53. The number of nitrogens with two attached hydrogens (primary N) is 2. The molecule has 10 heteroatoms. The van der Waals surface area contributed by atoms with E-state index in [1.807, 2.05) is 31.4 Å². The van der Waals surface area contributed by atoms with Crippen LogP contribution in [0.15, 0.2) is 40.6 Å². The minimum absolute atomic E-state index is 0.165. The molecule has 2 aromatic rings. The average molecular weight is 409 g/mol. The van der Waals surface area contributed by atoms with Crippen molar-refractivity contribution >= 4 is 35.2 Å². The molecule has 1 aromatic heterocycles. The maximum absolute atomic E-state index is 13.1. The Hall–Kier alpha value is -1.75. The third-order valence-corrected chi connectivity index (χ3v) is 4.92. The molecule has 0 aliphatic heterocycles. The highest BCUT2D eigenvalue weighted by molar-refractivity contribution is 7.98. The Bertz CT molecular complexity index is 635. The van der Waals surface area contributed by atoms with E-state index in [1.54, 1.807) is 11.5 Å². The molecular weight excluding hydrogens is 385 g/mol. The maximum Gasteiger partial charge on any atom is 0.417 e. The number of halogens is 3. The number of alkyl halides is 3. The first-order valence-corrected chi connectivity index (χ1v) is 9.41. The summed E-state index contributed by atoms with van der Waals surface area (Å²) in [4.78, 5) is 10.1. The van der Waals surface area contributed by atoms with Gasteiger partial charge in [-0.25, -0.2) is 11.7 Å². The zero-order valence-corrected chi connectivity index (χ0v) is 16.3. The standard InChI is InChI=1S/C13H13F3N2S2.C2H6.CH4N2O/c1-18(17)11-6-2-5-10(13(14,15)16)12(11)20-8-9-4-3-7-19-9;1-2;2-3-1-4/h2-7H,8,17H2,1H3;1-2H3;1H,2H2,(H,3,4). The zero-order chi connectivity index (χ0) is 20.2. The predicted octanol–water partition coefficient (Wildman–Crippen LogP) is 4.00. The van der Waals surface area contributed by atoms with Gasteiger partial charge in [-0.05, 0) is 23.6 Å². The number of hydrogen-bond donors (Lipinski definition) is 3. The van der Waals surface area contributed by atoms with E-state index in [2.05, 4.69) is 5.84 Å².